The highest BCUT2D eigenvalue weighted by Crippen LogP contribution is 2.39. The number of benzene rings is 2. The molecule has 3 rings (SSSR count). The highest BCUT2D eigenvalue weighted by molar-refractivity contribution is 7.19. The zero-order valence-corrected chi connectivity index (χ0v) is 14.9. The van der Waals surface area contributed by atoms with E-state index in [1.807, 2.05) is 69.3 Å². The lowest BCUT2D eigenvalue weighted by Gasteiger charge is -2.15. The summed E-state index contributed by atoms with van der Waals surface area (Å²) < 4.78 is 0. The smallest absolute Gasteiger partial charge is 0.231 e. The Morgan fingerprint density at radius 2 is 1.46 bits per heavy atom. The zero-order chi connectivity index (χ0) is 17.2. The second kappa shape index (κ2) is 6.57. The standard InChI is InChI=1S/C20H20N2OS/c1-20(2,3)18(23)22-19-21-16(14-10-6-4-7-11-14)17(24-19)15-12-8-5-9-13-15/h4-13H,1-3H3,(H,21,22,23). The molecule has 2 aromatic carbocycles. The second-order valence-electron chi connectivity index (χ2n) is 6.63. The molecule has 0 aliphatic carbocycles. The first-order valence-corrected chi connectivity index (χ1v) is 8.70. The Balaban J connectivity index is 2.05. The lowest BCUT2D eigenvalue weighted by Crippen LogP contribution is -2.27. The van der Waals surface area contributed by atoms with Crippen molar-refractivity contribution in [2.75, 3.05) is 5.32 Å². The van der Waals surface area contributed by atoms with E-state index in [1.54, 1.807) is 0 Å². The van der Waals surface area contributed by atoms with Gasteiger partial charge in [0.2, 0.25) is 5.91 Å². The van der Waals surface area contributed by atoms with E-state index in [9.17, 15) is 4.79 Å². The number of amides is 1. The van der Waals surface area contributed by atoms with Crippen molar-refractivity contribution in [3.8, 4) is 21.7 Å². The molecular weight excluding hydrogens is 316 g/mol. The van der Waals surface area contributed by atoms with Gasteiger partial charge in [0, 0.05) is 11.0 Å². The van der Waals surface area contributed by atoms with E-state index in [2.05, 4.69) is 17.4 Å². The molecule has 1 N–H and O–H groups in total. The summed E-state index contributed by atoms with van der Waals surface area (Å²) in [5, 5.41) is 3.58. The van der Waals surface area contributed by atoms with E-state index in [1.165, 1.54) is 11.3 Å². The minimum absolute atomic E-state index is 0.0320. The van der Waals surface area contributed by atoms with Crippen molar-refractivity contribution < 1.29 is 4.79 Å². The third-order valence-electron chi connectivity index (χ3n) is 3.61. The van der Waals surface area contributed by atoms with Crippen LogP contribution < -0.4 is 5.32 Å². The number of nitrogens with one attached hydrogen (secondary N) is 1. The Kier molecular flexibility index (Phi) is 4.49. The van der Waals surface area contributed by atoms with Gasteiger partial charge in [0.25, 0.3) is 0 Å². The van der Waals surface area contributed by atoms with Gasteiger partial charge in [0.05, 0.1) is 10.6 Å². The molecule has 1 aromatic heterocycles. The van der Waals surface area contributed by atoms with Crippen LogP contribution in [0.15, 0.2) is 60.7 Å². The predicted octanol–water partition coefficient (Wildman–Crippen LogP) is 5.46. The summed E-state index contributed by atoms with van der Waals surface area (Å²) in [4.78, 5) is 18.0. The number of hydrogen-bond donors (Lipinski definition) is 1. The van der Waals surface area contributed by atoms with Crippen LogP contribution in [0, 0.1) is 5.41 Å². The molecule has 0 saturated heterocycles. The van der Waals surface area contributed by atoms with Crippen LogP contribution in [0.2, 0.25) is 0 Å². The quantitative estimate of drug-likeness (QED) is 0.690. The molecule has 4 heteroatoms. The van der Waals surface area contributed by atoms with Crippen molar-refractivity contribution in [2.45, 2.75) is 20.8 Å². The minimum atomic E-state index is -0.453. The van der Waals surface area contributed by atoms with Crippen LogP contribution in [-0.2, 0) is 4.79 Å². The van der Waals surface area contributed by atoms with Gasteiger partial charge in [-0.3, -0.25) is 4.79 Å². The number of anilines is 1. The Morgan fingerprint density at radius 3 is 2.00 bits per heavy atom. The SMILES string of the molecule is CC(C)(C)C(=O)Nc1nc(-c2ccccc2)c(-c2ccccc2)s1. The van der Waals surface area contributed by atoms with Gasteiger partial charge >= 0.3 is 0 Å². The van der Waals surface area contributed by atoms with Crippen LogP contribution in [0.1, 0.15) is 20.8 Å². The van der Waals surface area contributed by atoms with E-state index < -0.39 is 5.41 Å². The van der Waals surface area contributed by atoms with E-state index in [0.29, 0.717) is 5.13 Å². The zero-order valence-electron chi connectivity index (χ0n) is 14.0. The molecular formula is C20H20N2OS. The number of hydrogen-bond acceptors (Lipinski definition) is 3. The summed E-state index contributed by atoms with van der Waals surface area (Å²) in [6.07, 6.45) is 0. The van der Waals surface area contributed by atoms with E-state index in [4.69, 9.17) is 4.98 Å². The number of carbonyl (C=O) groups excluding carboxylic acids is 1. The van der Waals surface area contributed by atoms with Crippen molar-refractivity contribution in [3.63, 3.8) is 0 Å². The first-order valence-electron chi connectivity index (χ1n) is 7.88. The molecule has 0 fully saturated rings. The van der Waals surface area contributed by atoms with E-state index in [0.717, 1.165) is 21.7 Å². The maximum Gasteiger partial charge on any atom is 0.231 e. The fourth-order valence-corrected chi connectivity index (χ4v) is 3.22. The molecule has 0 radical (unpaired) electrons. The highest BCUT2D eigenvalue weighted by Gasteiger charge is 2.23. The summed E-state index contributed by atoms with van der Waals surface area (Å²) in [6, 6.07) is 20.2. The average Bonchev–Trinajstić information content (AvgIpc) is 2.99. The lowest BCUT2D eigenvalue weighted by molar-refractivity contribution is -0.123. The molecule has 0 aliphatic rings. The Morgan fingerprint density at radius 1 is 0.917 bits per heavy atom. The summed E-state index contributed by atoms with van der Waals surface area (Å²) >= 11 is 1.51. The van der Waals surface area contributed by atoms with Crippen molar-refractivity contribution in [1.29, 1.82) is 0 Å². The Hall–Kier alpha value is -2.46. The van der Waals surface area contributed by atoms with Gasteiger partial charge in [-0.1, -0.05) is 92.8 Å². The van der Waals surface area contributed by atoms with Crippen LogP contribution in [0.25, 0.3) is 21.7 Å². The number of rotatable bonds is 3. The number of nitrogens with zero attached hydrogens (tertiary/aromatic N) is 1. The van der Waals surface area contributed by atoms with Gasteiger partial charge < -0.3 is 5.32 Å². The van der Waals surface area contributed by atoms with Crippen molar-refractivity contribution in [2.24, 2.45) is 5.41 Å². The molecule has 3 nitrogen and oxygen atoms in total. The Bertz CT molecular complexity index is 776. The molecule has 1 heterocycles. The van der Waals surface area contributed by atoms with Crippen LogP contribution in [0.5, 0.6) is 0 Å². The summed E-state index contributed by atoms with van der Waals surface area (Å²) in [6.45, 7) is 5.68. The molecule has 122 valence electrons. The van der Waals surface area contributed by atoms with Gasteiger partial charge in [-0.05, 0) is 5.56 Å². The first-order chi connectivity index (χ1) is 11.4. The Labute approximate surface area is 146 Å². The highest BCUT2D eigenvalue weighted by atomic mass is 32.1. The second-order valence-corrected chi connectivity index (χ2v) is 7.63. The average molecular weight is 336 g/mol. The molecule has 0 aliphatic heterocycles. The third kappa shape index (κ3) is 3.54. The maximum absolute atomic E-state index is 12.3. The summed E-state index contributed by atoms with van der Waals surface area (Å²) in [7, 11) is 0. The maximum atomic E-state index is 12.3. The number of thiazole rings is 1. The molecule has 1 amide bonds. The topological polar surface area (TPSA) is 42.0 Å². The molecule has 0 spiro atoms. The summed E-state index contributed by atoms with van der Waals surface area (Å²) in [5.41, 5.74) is 2.59. The van der Waals surface area contributed by atoms with Crippen molar-refractivity contribution >= 4 is 22.4 Å². The van der Waals surface area contributed by atoms with Gasteiger partial charge in [-0.25, -0.2) is 4.98 Å². The van der Waals surface area contributed by atoms with Crippen LogP contribution in [-0.4, -0.2) is 10.9 Å². The van der Waals surface area contributed by atoms with E-state index >= 15 is 0 Å². The first kappa shape index (κ1) is 16.4. The van der Waals surface area contributed by atoms with Gasteiger partial charge in [-0.15, -0.1) is 0 Å². The normalized spacial score (nSPS) is 11.3. The molecule has 0 saturated carbocycles. The number of carbonyl (C=O) groups is 1. The van der Waals surface area contributed by atoms with Crippen LogP contribution in [0.3, 0.4) is 0 Å². The number of aromatic nitrogens is 1. The molecule has 3 aromatic rings. The predicted molar refractivity (Wildman–Crippen MR) is 101 cm³/mol. The van der Waals surface area contributed by atoms with Crippen molar-refractivity contribution in [1.82, 2.24) is 4.98 Å². The molecule has 24 heavy (non-hydrogen) atoms. The third-order valence-corrected chi connectivity index (χ3v) is 4.63. The van der Waals surface area contributed by atoms with Crippen LogP contribution in [0.4, 0.5) is 5.13 Å². The lowest BCUT2D eigenvalue weighted by atomic mass is 9.96. The van der Waals surface area contributed by atoms with E-state index in [-0.39, 0.29) is 5.91 Å². The van der Waals surface area contributed by atoms with Gasteiger partial charge in [-0.2, -0.15) is 0 Å². The molecule has 0 unspecified atom stereocenters. The summed E-state index contributed by atoms with van der Waals surface area (Å²) in [5.74, 6) is -0.0320. The monoisotopic (exact) mass is 336 g/mol. The van der Waals surface area contributed by atoms with Crippen molar-refractivity contribution in [3.05, 3.63) is 60.7 Å². The van der Waals surface area contributed by atoms with Gasteiger partial charge in [0.1, 0.15) is 0 Å². The largest absolute Gasteiger partial charge is 0.301 e. The molecule has 0 atom stereocenters. The fourth-order valence-electron chi connectivity index (χ4n) is 2.24. The van der Waals surface area contributed by atoms with Gasteiger partial charge in [0.15, 0.2) is 5.13 Å². The van der Waals surface area contributed by atoms with Crippen LogP contribution >= 0.6 is 11.3 Å². The fraction of sp³-hybridized carbons (Fsp3) is 0.200. The minimum Gasteiger partial charge on any atom is -0.301 e. The molecule has 0 bridgehead atoms.